The fourth-order valence-electron chi connectivity index (χ4n) is 0.937. The quantitative estimate of drug-likeness (QED) is 0.311. The van der Waals surface area contributed by atoms with Gasteiger partial charge in [-0.2, -0.15) is 0 Å². The van der Waals surface area contributed by atoms with Crippen LogP contribution in [0.1, 0.15) is 12.8 Å². The molecule has 7 heavy (non-hydrogen) atoms. The predicted molar refractivity (Wildman–Crippen MR) is 28.6 cm³/mol. The van der Waals surface area contributed by atoms with Crippen LogP contribution < -0.4 is 0 Å². The molecule has 2 aliphatic rings. The summed E-state index contributed by atoms with van der Waals surface area (Å²) in [5.74, 6) is 6.95. The van der Waals surface area contributed by atoms with Crippen molar-refractivity contribution >= 4 is 0 Å². The summed E-state index contributed by atoms with van der Waals surface area (Å²) in [6, 6.07) is 0. The second-order valence-electron chi connectivity index (χ2n) is 2.08. The highest BCUT2D eigenvalue weighted by atomic mass is 14.3. The molecule has 0 spiro atoms. The molecule has 1 unspecified atom stereocenters. The summed E-state index contributed by atoms with van der Waals surface area (Å²) in [7, 11) is 0. The zero-order valence-corrected chi connectivity index (χ0v) is 4.07. The Morgan fingerprint density at radius 1 is 1.57 bits per heavy atom. The first-order chi connectivity index (χ1) is 3.47. The summed E-state index contributed by atoms with van der Waals surface area (Å²) < 4.78 is 0. The molecule has 0 saturated heterocycles. The van der Waals surface area contributed by atoms with Crippen molar-refractivity contribution in [1.29, 1.82) is 0 Å². The van der Waals surface area contributed by atoms with E-state index in [2.05, 4.69) is 17.9 Å². The Bertz CT molecular complexity index is 176. The standard InChI is InChI=1S/C7H6/c1-2-4-7-5-6(7)3-1/h5-6H,3-4H2. The molecule has 0 saturated carbocycles. The highest BCUT2D eigenvalue weighted by Gasteiger charge is 2.23. The summed E-state index contributed by atoms with van der Waals surface area (Å²) in [5.41, 5.74) is 1.58. The van der Waals surface area contributed by atoms with E-state index in [1.807, 2.05) is 0 Å². The first-order valence-electron chi connectivity index (χ1n) is 2.63. The minimum absolute atomic E-state index is 0.821. The smallest absolute Gasteiger partial charge is 0.0305 e. The summed E-state index contributed by atoms with van der Waals surface area (Å²) in [4.78, 5) is 0. The number of rotatable bonds is 0. The maximum Gasteiger partial charge on any atom is 0.0305 e. The first-order valence-corrected chi connectivity index (χ1v) is 2.63. The van der Waals surface area contributed by atoms with Gasteiger partial charge in [0.2, 0.25) is 0 Å². The van der Waals surface area contributed by atoms with E-state index in [-0.39, 0.29) is 0 Å². The van der Waals surface area contributed by atoms with Crippen LogP contribution in [0.5, 0.6) is 0 Å². The maximum absolute atomic E-state index is 3.07. The molecule has 0 heterocycles. The van der Waals surface area contributed by atoms with Crippen molar-refractivity contribution in [2.24, 2.45) is 5.92 Å². The molecule has 2 aliphatic carbocycles. The molecule has 0 aromatic rings. The van der Waals surface area contributed by atoms with E-state index >= 15 is 0 Å². The lowest BCUT2D eigenvalue weighted by atomic mass is 10.1. The van der Waals surface area contributed by atoms with E-state index in [9.17, 15) is 0 Å². The van der Waals surface area contributed by atoms with E-state index in [0.29, 0.717) is 0 Å². The molecule has 2 rings (SSSR count). The predicted octanol–water partition coefficient (Wildman–Crippen LogP) is 1.34. The Balaban J connectivity index is 2.26. The third-order valence-corrected chi connectivity index (χ3v) is 1.52. The summed E-state index contributed by atoms with van der Waals surface area (Å²) in [6.07, 6.45) is 4.47. The van der Waals surface area contributed by atoms with Crippen LogP contribution in [0.2, 0.25) is 0 Å². The summed E-state index contributed by atoms with van der Waals surface area (Å²) in [6.45, 7) is 0. The number of fused-ring (bicyclic) bond motifs is 1. The molecule has 0 amide bonds. The van der Waals surface area contributed by atoms with Crippen molar-refractivity contribution in [2.75, 3.05) is 0 Å². The lowest BCUT2D eigenvalue weighted by Gasteiger charge is -1.92. The van der Waals surface area contributed by atoms with E-state index in [0.717, 1.165) is 18.8 Å². The number of hydrogen-bond donors (Lipinski definition) is 0. The minimum Gasteiger partial charge on any atom is -0.102 e. The summed E-state index contributed by atoms with van der Waals surface area (Å²) in [5, 5.41) is 0. The van der Waals surface area contributed by atoms with Crippen LogP contribution in [0.4, 0.5) is 0 Å². The highest BCUT2D eigenvalue weighted by Crippen LogP contribution is 2.35. The highest BCUT2D eigenvalue weighted by molar-refractivity contribution is 5.38. The van der Waals surface area contributed by atoms with Crippen LogP contribution >= 0.6 is 0 Å². The molecule has 0 aromatic heterocycles. The molecule has 0 nitrogen and oxygen atoms in total. The third-order valence-electron chi connectivity index (χ3n) is 1.52. The van der Waals surface area contributed by atoms with Crippen LogP contribution in [-0.4, -0.2) is 0 Å². The molecular weight excluding hydrogens is 84.1 g/mol. The van der Waals surface area contributed by atoms with E-state index in [4.69, 9.17) is 0 Å². The van der Waals surface area contributed by atoms with Gasteiger partial charge in [-0.05, 0) is 0 Å². The second kappa shape index (κ2) is 0.924. The van der Waals surface area contributed by atoms with Gasteiger partial charge in [0.15, 0.2) is 0 Å². The molecular formula is C7H6. The first kappa shape index (κ1) is 3.32. The topological polar surface area (TPSA) is 0 Å². The lowest BCUT2D eigenvalue weighted by molar-refractivity contribution is 0.894. The van der Waals surface area contributed by atoms with Crippen LogP contribution in [0.25, 0.3) is 0 Å². The fourth-order valence-corrected chi connectivity index (χ4v) is 0.937. The number of hydrogen-bond acceptors (Lipinski definition) is 0. The average molecular weight is 90.1 g/mol. The van der Waals surface area contributed by atoms with Gasteiger partial charge in [-0.1, -0.05) is 17.6 Å². The number of allylic oxidation sites excluding steroid dienone is 2. The molecule has 0 fully saturated rings. The zero-order valence-electron chi connectivity index (χ0n) is 4.07. The summed E-state index contributed by atoms with van der Waals surface area (Å²) >= 11 is 0. The average Bonchev–Trinajstić information content (AvgIpc) is 2.41. The van der Waals surface area contributed by atoms with Crippen molar-refractivity contribution in [2.45, 2.75) is 12.8 Å². The van der Waals surface area contributed by atoms with E-state index in [1.165, 1.54) is 0 Å². The van der Waals surface area contributed by atoms with Gasteiger partial charge in [0.05, 0.1) is 0 Å². The fraction of sp³-hybridized carbons (Fsp3) is 0.429. The molecule has 0 radical (unpaired) electrons. The SMILES string of the molecule is C1#CCC2C=C2C1. The Kier molecular flexibility index (Phi) is 0.438. The van der Waals surface area contributed by atoms with Crippen LogP contribution in [0.3, 0.4) is 0 Å². The Morgan fingerprint density at radius 2 is 2.57 bits per heavy atom. The Hall–Kier alpha value is -0.700. The monoisotopic (exact) mass is 90.0 g/mol. The van der Waals surface area contributed by atoms with E-state index in [1.54, 1.807) is 5.57 Å². The molecule has 34 valence electrons. The molecule has 1 atom stereocenters. The molecule has 0 aromatic carbocycles. The van der Waals surface area contributed by atoms with Crippen molar-refractivity contribution in [3.05, 3.63) is 11.6 Å². The Morgan fingerprint density at radius 3 is 3.14 bits per heavy atom. The van der Waals surface area contributed by atoms with Gasteiger partial charge < -0.3 is 0 Å². The lowest BCUT2D eigenvalue weighted by Crippen LogP contribution is -1.82. The van der Waals surface area contributed by atoms with Gasteiger partial charge >= 0.3 is 0 Å². The van der Waals surface area contributed by atoms with Gasteiger partial charge in [-0.3, -0.25) is 0 Å². The van der Waals surface area contributed by atoms with Crippen molar-refractivity contribution < 1.29 is 0 Å². The molecule has 0 heteroatoms. The van der Waals surface area contributed by atoms with Gasteiger partial charge in [0.1, 0.15) is 0 Å². The van der Waals surface area contributed by atoms with E-state index < -0.39 is 0 Å². The molecule has 0 aliphatic heterocycles. The normalized spacial score (nSPS) is 32.0. The van der Waals surface area contributed by atoms with Gasteiger partial charge in [0, 0.05) is 18.8 Å². The van der Waals surface area contributed by atoms with Gasteiger partial charge in [-0.15, -0.1) is 5.92 Å². The molecule has 0 bridgehead atoms. The maximum atomic E-state index is 3.07. The van der Waals surface area contributed by atoms with Crippen molar-refractivity contribution in [3.8, 4) is 11.8 Å². The molecule has 0 N–H and O–H groups in total. The second-order valence-corrected chi connectivity index (χ2v) is 2.08. The van der Waals surface area contributed by atoms with Crippen LogP contribution in [0.15, 0.2) is 11.6 Å². The van der Waals surface area contributed by atoms with Crippen LogP contribution in [-0.2, 0) is 0 Å². The van der Waals surface area contributed by atoms with Gasteiger partial charge in [0.25, 0.3) is 0 Å². The van der Waals surface area contributed by atoms with Crippen LogP contribution in [0, 0.1) is 17.8 Å². The zero-order chi connectivity index (χ0) is 4.69. The minimum atomic E-state index is 0.821. The third kappa shape index (κ3) is 0.381. The Labute approximate surface area is 43.2 Å². The van der Waals surface area contributed by atoms with Crippen molar-refractivity contribution in [1.82, 2.24) is 0 Å². The van der Waals surface area contributed by atoms with Gasteiger partial charge in [-0.25, -0.2) is 0 Å². The largest absolute Gasteiger partial charge is 0.102 e. The van der Waals surface area contributed by atoms with Crippen molar-refractivity contribution in [3.63, 3.8) is 0 Å².